The van der Waals surface area contributed by atoms with Crippen LogP contribution in [-0.2, 0) is 0 Å². The van der Waals surface area contributed by atoms with E-state index in [1.54, 1.807) is 11.8 Å². The monoisotopic (exact) mass is 372 g/mol. The van der Waals surface area contributed by atoms with Crippen LogP contribution >= 0.6 is 11.8 Å². The number of benzene rings is 2. The van der Waals surface area contributed by atoms with E-state index in [9.17, 15) is 4.79 Å². The molecule has 3 nitrogen and oxygen atoms in total. The van der Waals surface area contributed by atoms with E-state index < -0.39 is 0 Å². The molecule has 4 heteroatoms. The Balaban J connectivity index is 1.37. The molecule has 2 aliphatic heterocycles. The summed E-state index contributed by atoms with van der Waals surface area (Å²) in [4.78, 5) is 20.2. The number of H-pyrrole nitrogens is 1. The van der Waals surface area contributed by atoms with Gasteiger partial charge in [0.05, 0.1) is 4.91 Å². The molecule has 134 valence electrons. The minimum atomic E-state index is 0.113. The molecule has 0 unspecified atom stereocenters. The van der Waals surface area contributed by atoms with E-state index in [-0.39, 0.29) is 5.78 Å². The Morgan fingerprint density at radius 3 is 2.48 bits per heavy atom. The summed E-state index contributed by atoms with van der Waals surface area (Å²) in [6.07, 6.45) is 4.53. The van der Waals surface area contributed by atoms with Crippen LogP contribution in [0.15, 0.2) is 70.5 Å². The highest BCUT2D eigenvalue weighted by atomic mass is 32.2. The molecule has 2 aromatic carbocycles. The lowest BCUT2D eigenvalue weighted by Gasteiger charge is -2.17. The number of anilines is 1. The number of fused-ring (bicyclic) bond motifs is 1. The predicted molar refractivity (Wildman–Crippen MR) is 112 cm³/mol. The van der Waals surface area contributed by atoms with Crippen molar-refractivity contribution in [2.45, 2.75) is 17.7 Å². The second kappa shape index (κ2) is 6.78. The predicted octanol–water partition coefficient (Wildman–Crippen LogP) is 5.61. The smallest absolute Gasteiger partial charge is 0.200 e. The van der Waals surface area contributed by atoms with Gasteiger partial charge in [-0.15, -0.1) is 0 Å². The van der Waals surface area contributed by atoms with Crippen molar-refractivity contribution in [1.29, 1.82) is 0 Å². The van der Waals surface area contributed by atoms with E-state index in [1.807, 2.05) is 36.4 Å². The number of thioether (sulfide) groups is 1. The third kappa shape index (κ3) is 3.10. The molecule has 1 fully saturated rings. The van der Waals surface area contributed by atoms with Crippen LogP contribution in [0.3, 0.4) is 0 Å². The molecule has 1 N–H and O–H groups in total. The summed E-state index contributed by atoms with van der Waals surface area (Å²) in [7, 11) is 0. The second-order valence-electron chi connectivity index (χ2n) is 7.00. The molecule has 3 aromatic rings. The maximum atomic E-state index is 12.5. The molecule has 0 bridgehead atoms. The summed E-state index contributed by atoms with van der Waals surface area (Å²) >= 11 is 1.55. The standard InChI is InChI=1S/C23H20N2OS/c26-23-19-5-1-2-6-21(19)27-22(23)15-17-9-12-20(24-17)16-7-10-18(11-8-16)25-13-3-4-14-25/h1-2,5-12,15,24H,3-4,13-14H2/b22-15+. The summed E-state index contributed by atoms with van der Waals surface area (Å²) < 4.78 is 0. The number of ketones is 1. The molecule has 0 atom stereocenters. The van der Waals surface area contributed by atoms with Crippen molar-refractivity contribution < 1.29 is 4.79 Å². The molecule has 2 aliphatic rings. The summed E-state index contributed by atoms with van der Waals surface area (Å²) in [5, 5.41) is 0. The zero-order chi connectivity index (χ0) is 18.2. The van der Waals surface area contributed by atoms with Gasteiger partial charge >= 0.3 is 0 Å². The van der Waals surface area contributed by atoms with Gasteiger partial charge in [-0.2, -0.15) is 0 Å². The van der Waals surface area contributed by atoms with Gasteiger partial charge in [-0.05, 0) is 60.9 Å². The average Bonchev–Trinajstić information content (AvgIpc) is 3.44. The van der Waals surface area contributed by atoms with E-state index in [0.717, 1.165) is 45.4 Å². The summed E-state index contributed by atoms with van der Waals surface area (Å²) in [5.74, 6) is 0.113. The van der Waals surface area contributed by atoms with E-state index in [0.29, 0.717) is 0 Å². The zero-order valence-corrected chi connectivity index (χ0v) is 15.8. The van der Waals surface area contributed by atoms with Crippen LogP contribution in [-0.4, -0.2) is 23.9 Å². The molecule has 1 saturated heterocycles. The largest absolute Gasteiger partial charge is 0.372 e. The molecular weight excluding hydrogens is 352 g/mol. The van der Waals surface area contributed by atoms with Crippen molar-refractivity contribution in [3.05, 3.63) is 76.8 Å². The number of hydrogen-bond donors (Lipinski definition) is 1. The lowest BCUT2D eigenvalue weighted by Crippen LogP contribution is -2.17. The van der Waals surface area contributed by atoms with Crippen LogP contribution in [0.2, 0.25) is 0 Å². The molecule has 5 rings (SSSR count). The number of carbonyl (C=O) groups excluding carboxylic acids is 1. The number of hydrogen-bond acceptors (Lipinski definition) is 3. The van der Waals surface area contributed by atoms with Gasteiger partial charge in [0.2, 0.25) is 5.78 Å². The van der Waals surface area contributed by atoms with E-state index >= 15 is 0 Å². The fourth-order valence-corrected chi connectivity index (χ4v) is 4.81. The number of Topliss-reactive ketones (excluding diaryl/α,β-unsaturated/α-hetero) is 1. The summed E-state index contributed by atoms with van der Waals surface area (Å²) in [6, 6.07) is 20.6. The van der Waals surface area contributed by atoms with Crippen LogP contribution in [0.4, 0.5) is 5.69 Å². The average molecular weight is 372 g/mol. The van der Waals surface area contributed by atoms with Gasteiger partial charge in [0, 0.05) is 40.6 Å². The number of aromatic amines is 1. The van der Waals surface area contributed by atoms with Gasteiger partial charge in [0.1, 0.15) is 0 Å². The fraction of sp³-hybridized carbons (Fsp3) is 0.174. The maximum absolute atomic E-state index is 12.5. The first-order chi connectivity index (χ1) is 13.3. The van der Waals surface area contributed by atoms with Crippen LogP contribution in [0.1, 0.15) is 28.9 Å². The first-order valence-electron chi connectivity index (χ1n) is 9.36. The molecule has 1 aromatic heterocycles. The number of carbonyl (C=O) groups is 1. The Morgan fingerprint density at radius 2 is 1.70 bits per heavy atom. The maximum Gasteiger partial charge on any atom is 0.200 e. The third-order valence-electron chi connectivity index (χ3n) is 5.22. The minimum Gasteiger partial charge on any atom is -0.372 e. The van der Waals surface area contributed by atoms with Gasteiger partial charge in [-0.1, -0.05) is 36.0 Å². The molecule has 0 amide bonds. The lowest BCUT2D eigenvalue weighted by atomic mass is 10.1. The first-order valence-corrected chi connectivity index (χ1v) is 10.2. The molecular formula is C23H20N2OS. The number of nitrogens with zero attached hydrogens (tertiary/aromatic N) is 1. The van der Waals surface area contributed by atoms with Crippen molar-refractivity contribution in [2.24, 2.45) is 0 Å². The Bertz CT molecular complexity index is 1030. The highest BCUT2D eigenvalue weighted by molar-refractivity contribution is 8.04. The van der Waals surface area contributed by atoms with E-state index in [2.05, 4.69) is 40.2 Å². The van der Waals surface area contributed by atoms with Gasteiger partial charge in [-0.25, -0.2) is 0 Å². The van der Waals surface area contributed by atoms with Crippen molar-refractivity contribution in [2.75, 3.05) is 18.0 Å². The third-order valence-corrected chi connectivity index (χ3v) is 6.32. The number of aromatic nitrogens is 1. The molecule has 0 saturated carbocycles. The molecule has 0 aliphatic carbocycles. The Labute approximate surface area is 163 Å². The number of nitrogens with one attached hydrogen (secondary N) is 1. The molecule has 0 spiro atoms. The van der Waals surface area contributed by atoms with Gasteiger partial charge in [0.15, 0.2) is 0 Å². The van der Waals surface area contributed by atoms with Gasteiger partial charge in [-0.3, -0.25) is 4.79 Å². The summed E-state index contributed by atoms with van der Waals surface area (Å²) in [5.41, 5.74) is 5.30. The van der Waals surface area contributed by atoms with Crippen LogP contribution in [0.25, 0.3) is 17.3 Å². The normalized spacial score (nSPS) is 17.7. The van der Waals surface area contributed by atoms with E-state index in [1.165, 1.54) is 18.5 Å². The number of rotatable bonds is 3. The SMILES string of the molecule is O=C1/C(=C\c2ccc(-c3ccc(N4CCCC4)cc3)[nH]2)Sc2ccccc21. The second-order valence-corrected chi connectivity index (χ2v) is 8.09. The first kappa shape index (κ1) is 16.5. The highest BCUT2D eigenvalue weighted by Crippen LogP contribution is 2.40. The van der Waals surface area contributed by atoms with Crippen molar-refractivity contribution >= 4 is 29.3 Å². The Kier molecular flexibility index (Phi) is 4.13. The molecule has 3 heterocycles. The molecule has 0 radical (unpaired) electrons. The Hall–Kier alpha value is -2.72. The summed E-state index contributed by atoms with van der Waals surface area (Å²) in [6.45, 7) is 2.32. The molecule has 27 heavy (non-hydrogen) atoms. The van der Waals surface area contributed by atoms with Crippen LogP contribution in [0, 0.1) is 0 Å². The zero-order valence-electron chi connectivity index (χ0n) is 14.9. The van der Waals surface area contributed by atoms with Crippen LogP contribution < -0.4 is 4.90 Å². The van der Waals surface area contributed by atoms with Gasteiger partial charge < -0.3 is 9.88 Å². The fourth-order valence-electron chi connectivity index (χ4n) is 3.77. The quantitative estimate of drug-likeness (QED) is 0.607. The Morgan fingerprint density at radius 1 is 0.926 bits per heavy atom. The minimum absolute atomic E-state index is 0.113. The lowest BCUT2D eigenvalue weighted by molar-refractivity contribution is 0.104. The van der Waals surface area contributed by atoms with Crippen molar-refractivity contribution in [3.63, 3.8) is 0 Å². The van der Waals surface area contributed by atoms with Crippen LogP contribution in [0.5, 0.6) is 0 Å². The van der Waals surface area contributed by atoms with Crippen molar-refractivity contribution in [3.8, 4) is 11.3 Å². The van der Waals surface area contributed by atoms with Gasteiger partial charge in [0.25, 0.3) is 0 Å². The topological polar surface area (TPSA) is 36.1 Å². The van der Waals surface area contributed by atoms with Crippen molar-refractivity contribution in [1.82, 2.24) is 4.98 Å². The highest BCUT2D eigenvalue weighted by Gasteiger charge is 2.25. The number of allylic oxidation sites excluding steroid dienone is 1. The van der Waals surface area contributed by atoms with E-state index in [4.69, 9.17) is 0 Å².